The molecule has 0 bridgehead atoms. The van der Waals surface area contributed by atoms with Crippen molar-refractivity contribution in [3.63, 3.8) is 0 Å². The molecule has 0 unspecified atom stereocenters. The minimum Gasteiger partial charge on any atom is -0.298 e. The van der Waals surface area contributed by atoms with Gasteiger partial charge in [-0.15, -0.1) is 0 Å². The van der Waals surface area contributed by atoms with Gasteiger partial charge in [0, 0.05) is 5.56 Å². The van der Waals surface area contributed by atoms with E-state index < -0.39 is 0 Å². The quantitative estimate of drug-likeness (QED) is 0.586. The highest BCUT2D eigenvalue weighted by Crippen LogP contribution is 2.07. The van der Waals surface area contributed by atoms with E-state index in [2.05, 4.69) is 0 Å². The van der Waals surface area contributed by atoms with Crippen molar-refractivity contribution in [1.82, 2.24) is 0 Å². The predicted octanol–water partition coefficient (Wildman–Crippen LogP) is 2.53. The monoisotopic (exact) mass is 146 g/mol. The molecule has 1 aromatic rings. The largest absolute Gasteiger partial charge is 0.298 e. The van der Waals surface area contributed by atoms with Crippen molar-refractivity contribution in [3.05, 3.63) is 41.5 Å². The maximum Gasteiger partial charge on any atom is 0.150 e. The minimum absolute atomic E-state index is 0.741. The van der Waals surface area contributed by atoms with Crippen LogP contribution in [0, 0.1) is 0 Å². The first-order valence-electron chi connectivity index (χ1n) is 3.55. The van der Waals surface area contributed by atoms with E-state index in [0.29, 0.717) is 0 Å². The van der Waals surface area contributed by atoms with E-state index in [1.807, 2.05) is 43.3 Å². The molecule has 0 spiro atoms. The molecule has 56 valence electrons. The fourth-order valence-corrected chi connectivity index (χ4v) is 0.950. The van der Waals surface area contributed by atoms with Crippen LogP contribution in [0.4, 0.5) is 0 Å². The molecule has 0 amide bonds. The van der Waals surface area contributed by atoms with E-state index in [1.165, 1.54) is 0 Å². The van der Waals surface area contributed by atoms with Crippen LogP contribution in [0.25, 0.3) is 6.08 Å². The van der Waals surface area contributed by atoms with Gasteiger partial charge in [0.1, 0.15) is 0 Å². The molecule has 0 aliphatic heterocycles. The van der Waals surface area contributed by atoms with Crippen molar-refractivity contribution in [1.29, 1.82) is 0 Å². The first-order chi connectivity index (χ1) is 5.38. The third kappa shape index (κ3) is 1.77. The maximum atomic E-state index is 10.5. The van der Waals surface area contributed by atoms with Crippen LogP contribution >= 0.6 is 0 Å². The lowest BCUT2D eigenvalue weighted by atomic mass is 10.1. The van der Waals surface area contributed by atoms with Crippen LogP contribution in [0.3, 0.4) is 0 Å². The molecular formula is C10H10O. The minimum atomic E-state index is 0.741. The summed E-state index contributed by atoms with van der Waals surface area (Å²) in [5, 5.41) is 0. The molecule has 0 N–H and O–H groups in total. The van der Waals surface area contributed by atoms with Gasteiger partial charge in [-0.05, 0) is 12.5 Å². The summed E-state index contributed by atoms with van der Waals surface area (Å²) in [6, 6.07) is 7.51. The van der Waals surface area contributed by atoms with Gasteiger partial charge in [0.15, 0.2) is 6.29 Å². The second kappa shape index (κ2) is 3.71. The van der Waals surface area contributed by atoms with Gasteiger partial charge < -0.3 is 0 Å². The zero-order valence-electron chi connectivity index (χ0n) is 6.45. The number of carbonyl (C=O) groups excluding carboxylic acids is 1. The van der Waals surface area contributed by atoms with Crippen LogP contribution in [0.5, 0.6) is 0 Å². The SMILES string of the molecule is CC=Cc1ccccc1C=O. The Hall–Kier alpha value is -1.37. The molecule has 0 saturated carbocycles. The van der Waals surface area contributed by atoms with Gasteiger partial charge in [0.05, 0.1) is 0 Å². The number of allylic oxidation sites excluding steroid dienone is 1. The fraction of sp³-hybridized carbons (Fsp3) is 0.100. The van der Waals surface area contributed by atoms with Crippen molar-refractivity contribution in [2.45, 2.75) is 6.92 Å². The Balaban J connectivity index is 3.11. The molecular weight excluding hydrogens is 136 g/mol. The van der Waals surface area contributed by atoms with E-state index in [0.717, 1.165) is 17.4 Å². The van der Waals surface area contributed by atoms with Gasteiger partial charge in [-0.2, -0.15) is 0 Å². The van der Waals surface area contributed by atoms with E-state index in [-0.39, 0.29) is 0 Å². The molecule has 0 aliphatic carbocycles. The standard InChI is InChI=1S/C10H10O/c1-2-5-9-6-3-4-7-10(9)8-11/h2-8H,1H3. The van der Waals surface area contributed by atoms with Gasteiger partial charge in [-0.25, -0.2) is 0 Å². The van der Waals surface area contributed by atoms with Crippen LogP contribution in [-0.4, -0.2) is 6.29 Å². The van der Waals surface area contributed by atoms with E-state index in [4.69, 9.17) is 0 Å². The summed E-state index contributed by atoms with van der Waals surface area (Å²) in [4.78, 5) is 10.5. The van der Waals surface area contributed by atoms with Crippen LogP contribution in [0.15, 0.2) is 30.3 Å². The van der Waals surface area contributed by atoms with Gasteiger partial charge in [0.25, 0.3) is 0 Å². The molecule has 0 radical (unpaired) electrons. The zero-order chi connectivity index (χ0) is 8.10. The van der Waals surface area contributed by atoms with Crippen LogP contribution in [0.1, 0.15) is 22.8 Å². The molecule has 0 atom stereocenters. The Morgan fingerprint density at radius 1 is 1.18 bits per heavy atom. The Morgan fingerprint density at radius 3 is 2.36 bits per heavy atom. The number of hydrogen-bond acceptors (Lipinski definition) is 1. The van der Waals surface area contributed by atoms with Crippen molar-refractivity contribution in [2.24, 2.45) is 0 Å². The summed E-state index contributed by atoms with van der Waals surface area (Å²) in [6.07, 6.45) is 4.71. The second-order valence-electron chi connectivity index (χ2n) is 2.25. The average Bonchev–Trinajstić information content (AvgIpc) is 2.06. The number of carbonyl (C=O) groups is 1. The third-order valence-electron chi connectivity index (χ3n) is 1.47. The second-order valence-corrected chi connectivity index (χ2v) is 2.25. The van der Waals surface area contributed by atoms with Crippen molar-refractivity contribution >= 4 is 12.4 Å². The molecule has 1 rings (SSSR count). The number of aldehydes is 1. The topological polar surface area (TPSA) is 17.1 Å². The Kier molecular flexibility index (Phi) is 2.61. The van der Waals surface area contributed by atoms with E-state index in [9.17, 15) is 4.79 Å². The van der Waals surface area contributed by atoms with Gasteiger partial charge in [0.2, 0.25) is 0 Å². The van der Waals surface area contributed by atoms with Crippen molar-refractivity contribution < 1.29 is 4.79 Å². The van der Waals surface area contributed by atoms with Gasteiger partial charge >= 0.3 is 0 Å². The molecule has 11 heavy (non-hydrogen) atoms. The Bertz CT molecular complexity index is 274. The number of hydrogen-bond donors (Lipinski definition) is 0. The van der Waals surface area contributed by atoms with Gasteiger partial charge in [-0.3, -0.25) is 4.79 Å². The first kappa shape index (κ1) is 7.73. The molecule has 1 nitrogen and oxygen atoms in total. The van der Waals surface area contributed by atoms with Gasteiger partial charge in [-0.1, -0.05) is 36.4 Å². The maximum absolute atomic E-state index is 10.5. The smallest absolute Gasteiger partial charge is 0.150 e. The number of benzene rings is 1. The average molecular weight is 146 g/mol. The van der Waals surface area contributed by atoms with E-state index >= 15 is 0 Å². The lowest BCUT2D eigenvalue weighted by molar-refractivity contribution is 0.112. The molecule has 0 aliphatic rings. The lowest BCUT2D eigenvalue weighted by Gasteiger charge is -1.95. The molecule has 1 aromatic carbocycles. The first-order valence-corrected chi connectivity index (χ1v) is 3.55. The summed E-state index contributed by atoms with van der Waals surface area (Å²) >= 11 is 0. The Morgan fingerprint density at radius 2 is 1.82 bits per heavy atom. The molecule has 0 heterocycles. The van der Waals surface area contributed by atoms with Crippen molar-refractivity contribution in [2.75, 3.05) is 0 Å². The highest BCUT2D eigenvalue weighted by Gasteiger charge is 1.93. The summed E-state index contributed by atoms with van der Waals surface area (Å²) < 4.78 is 0. The van der Waals surface area contributed by atoms with Crippen molar-refractivity contribution in [3.8, 4) is 0 Å². The molecule has 0 saturated heterocycles. The summed E-state index contributed by atoms with van der Waals surface area (Å²) in [6.45, 7) is 1.93. The highest BCUT2D eigenvalue weighted by molar-refractivity contribution is 5.81. The fourth-order valence-electron chi connectivity index (χ4n) is 0.950. The predicted molar refractivity (Wildman–Crippen MR) is 46.5 cm³/mol. The lowest BCUT2D eigenvalue weighted by Crippen LogP contribution is -1.83. The summed E-state index contributed by atoms with van der Waals surface area (Å²) in [5.74, 6) is 0. The molecule has 0 fully saturated rings. The zero-order valence-corrected chi connectivity index (χ0v) is 6.45. The van der Waals surface area contributed by atoms with Crippen LogP contribution < -0.4 is 0 Å². The van der Waals surface area contributed by atoms with Crippen LogP contribution in [0.2, 0.25) is 0 Å². The number of rotatable bonds is 2. The molecule has 1 heteroatoms. The summed E-state index contributed by atoms with van der Waals surface area (Å²) in [7, 11) is 0. The van der Waals surface area contributed by atoms with E-state index in [1.54, 1.807) is 0 Å². The highest BCUT2D eigenvalue weighted by atomic mass is 16.1. The van der Waals surface area contributed by atoms with Crippen LogP contribution in [-0.2, 0) is 0 Å². The Labute approximate surface area is 66.4 Å². The normalized spacial score (nSPS) is 10.3. The molecule has 0 aromatic heterocycles. The summed E-state index contributed by atoms with van der Waals surface area (Å²) in [5.41, 5.74) is 1.72. The third-order valence-corrected chi connectivity index (χ3v) is 1.47.